The molecule has 1 aliphatic carbocycles. The topological polar surface area (TPSA) is 35.5 Å². The highest BCUT2D eigenvalue weighted by atomic mass is 16.5. The van der Waals surface area contributed by atoms with Crippen LogP contribution in [0.15, 0.2) is 11.6 Å². The van der Waals surface area contributed by atoms with E-state index in [0.29, 0.717) is 18.3 Å². The average molecular weight is 252 g/mol. The summed E-state index contributed by atoms with van der Waals surface area (Å²) >= 11 is 0. The molecule has 0 N–H and O–H groups in total. The summed E-state index contributed by atoms with van der Waals surface area (Å²) in [5.74, 6) is 0.841. The van der Waals surface area contributed by atoms with Crippen LogP contribution in [0.3, 0.4) is 0 Å². The summed E-state index contributed by atoms with van der Waals surface area (Å²) in [6.07, 6.45) is 7.29. The van der Waals surface area contributed by atoms with Crippen LogP contribution in [0.1, 0.15) is 46.0 Å². The van der Waals surface area contributed by atoms with Gasteiger partial charge in [-0.15, -0.1) is 0 Å². The summed E-state index contributed by atoms with van der Waals surface area (Å²) in [6.45, 7) is 4.21. The number of esters is 1. The number of ether oxygens (including phenoxy) is 2. The van der Waals surface area contributed by atoms with Crippen LogP contribution in [0, 0.1) is 11.8 Å². The van der Waals surface area contributed by atoms with Crippen molar-refractivity contribution in [3.8, 4) is 0 Å². The van der Waals surface area contributed by atoms with Gasteiger partial charge in [0.25, 0.3) is 0 Å². The van der Waals surface area contributed by atoms with Crippen molar-refractivity contribution in [3.63, 3.8) is 0 Å². The molecule has 0 spiro atoms. The molecule has 2 rings (SSSR count). The summed E-state index contributed by atoms with van der Waals surface area (Å²) in [5.41, 5.74) is 1.31. The van der Waals surface area contributed by atoms with Gasteiger partial charge in [-0.05, 0) is 45.4 Å². The largest absolute Gasteiger partial charge is 0.462 e. The first-order valence-corrected chi connectivity index (χ1v) is 6.97. The van der Waals surface area contributed by atoms with Crippen LogP contribution < -0.4 is 0 Å². The van der Waals surface area contributed by atoms with Gasteiger partial charge in [-0.3, -0.25) is 4.79 Å². The van der Waals surface area contributed by atoms with Crippen LogP contribution in [0.4, 0.5) is 0 Å². The maximum atomic E-state index is 11.5. The van der Waals surface area contributed by atoms with E-state index in [9.17, 15) is 4.79 Å². The number of carbonyl (C=O) groups excluding carboxylic acids is 1. The van der Waals surface area contributed by atoms with Crippen molar-refractivity contribution in [1.29, 1.82) is 0 Å². The van der Waals surface area contributed by atoms with Gasteiger partial charge < -0.3 is 9.47 Å². The Morgan fingerprint density at radius 2 is 2.17 bits per heavy atom. The summed E-state index contributed by atoms with van der Waals surface area (Å²) < 4.78 is 11.2. The lowest BCUT2D eigenvalue weighted by Gasteiger charge is -2.43. The molecule has 0 aromatic heterocycles. The normalized spacial score (nSPS) is 35.6. The van der Waals surface area contributed by atoms with Gasteiger partial charge in [0.05, 0.1) is 6.10 Å². The van der Waals surface area contributed by atoms with Crippen molar-refractivity contribution >= 4 is 5.97 Å². The van der Waals surface area contributed by atoms with E-state index in [4.69, 9.17) is 9.47 Å². The molecule has 0 bridgehead atoms. The molecule has 18 heavy (non-hydrogen) atoms. The molecule has 3 nitrogen and oxygen atoms in total. The first-order chi connectivity index (χ1) is 8.61. The van der Waals surface area contributed by atoms with Crippen LogP contribution in [0.5, 0.6) is 0 Å². The van der Waals surface area contributed by atoms with E-state index in [1.165, 1.54) is 5.57 Å². The van der Waals surface area contributed by atoms with Crippen molar-refractivity contribution in [2.75, 3.05) is 7.11 Å². The lowest BCUT2D eigenvalue weighted by atomic mass is 9.72. The van der Waals surface area contributed by atoms with Gasteiger partial charge in [-0.25, -0.2) is 0 Å². The van der Waals surface area contributed by atoms with E-state index in [1.54, 1.807) is 7.11 Å². The molecule has 4 unspecified atom stereocenters. The molecule has 1 heterocycles. The van der Waals surface area contributed by atoms with Crippen LogP contribution in [0.25, 0.3) is 0 Å². The third kappa shape index (κ3) is 2.94. The Kier molecular flexibility index (Phi) is 4.44. The summed E-state index contributed by atoms with van der Waals surface area (Å²) in [6, 6.07) is 0. The zero-order chi connectivity index (χ0) is 13.1. The number of rotatable bonds is 3. The van der Waals surface area contributed by atoms with Crippen molar-refractivity contribution < 1.29 is 14.3 Å². The van der Waals surface area contributed by atoms with E-state index < -0.39 is 0 Å². The Bertz CT molecular complexity index is 331. The van der Waals surface area contributed by atoms with Crippen LogP contribution in [-0.2, 0) is 14.3 Å². The van der Waals surface area contributed by atoms with Gasteiger partial charge in [0, 0.05) is 19.4 Å². The Morgan fingerprint density at radius 1 is 1.39 bits per heavy atom. The minimum atomic E-state index is -0.0322. The van der Waals surface area contributed by atoms with Crippen LogP contribution >= 0.6 is 0 Å². The zero-order valence-corrected chi connectivity index (χ0v) is 11.6. The third-order valence-corrected chi connectivity index (χ3v) is 4.27. The molecule has 1 saturated carbocycles. The van der Waals surface area contributed by atoms with E-state index in [-0.39, 0.29) is 18.2 Å². The van der Waals surface area contributed by atoms with Gasteiger partial charge in [-0.2, -0.15) is 0 Å². The van der Waals surface area contributed by atoms with Gasteiger partial charge >= 0.3 is 5.97 Å². The van der Waals surface area contributed by atoms with Crippen LogP contribution in [0.2, 0.25) is 0 Å². The van der Waals surface area contributed by atoms with E-state index in [1.807, 2.05) is 0 Å². The molecule has 1 aliphatic heterocycles. The third-order valence-electron chi connectivity index (χ3n) is 4.27. The Hall–Kier alpha value is -0.830. The number of fused-ring (bicyclic) bond motifs is 1. The first-order valence-electron chi connectivity index (χ1n) is 6.97. The predicted octanol–water partition coefficient (Wildman–Crippen LogP) is 3.09. The van der Waals surface area contributed by atoms with Crippen LogP contribution in [-0.4, -0.2) is 25.3 Å². The van der Waals surface area contributed by atoms with Crippen molar-refractivity contribution in [2.24, 2.45) is 11.8 Å². The molecule has 102 valence electrons. The van der Waals surface area contributed by atoms with Gasteiger partial charge in [0.1, 0.15) is 6.10 Å². The highest BCUT2D eigenvalue weighted by Gasteiger charge is 2.43. The fraction of sp³-hybridized carbons (Fsp3) is 0.800. The van der Waals surface area contributed by atoms with Gasteiger partial charge in [0.15, 0.2) is 0 Å². The second-order valence-electron chi connectivity index (χ2n) is 5.79. The average Bonchev–Trinajstić information content (AvgIpc) is 2.35. The molecule has 0 amide bonds. The number of hydrogen-bond acceptors (Lipinski definition) is 3. The Labute approximate surface area is 110 Å². The maximum Gasteiger partial charge on any atom is 0.306 e. The van der Waals surface area contributed by atoms with Gasteiger partial charge in [0.2, 0.25) is 0 Å². The van der Waals surface area contributed by atoms with E-state index in [2.05, 4.69) is 19.9 Å². The highest BCUT2D eigenvalue weighted by molar-refractivity contribution is 5.70. The van der Waals surface area contributed by atoms with Crippen molar-refractivity contribution in [2.45, 2.75) is 58.2 Å². The molecule has 2 aliphatic rings. The quantitative estimate of drug-likeness (QED) is 0.572. The van der Waals surface area contributed by atoms with Gasteiger partial charge in [-0.1, -0.05) is 11.6 Å². The minimum absolute atomic E-state index is 0.0322. The number of methoxy groups -OCH3 is 1. The second-order valence-corrected chi connectivity index (χ2v) is 5.79. The zero-order valence-electron chi connectivity index (χ0n) is 11.6. The molecule has 4 atom stereocenters. The summed E-state index contributed by atoms with van der Waals surface area (Å²) in [7, 11) is 1.77. The molecule has 0 aromatic rings. The molecule has 0 radical (unpaired) electrons. The van der Waals surface area contributed by atoms with Crippen molar-refractivity contribution in [1.82, 2.24) is 0 Å². The molecular formula is C15H24O3. The van der Waals surface area contributed by atoms with Crippen molar-refractivity contribution in [3.05, 3.63) is 11.6 Å². The maximum absolute atomic E-state index is 11.5. The standard InChI is InChI=1S/C15H24O3/c1-10(2)4-7-12-13(17-3)8-5-11-6-9-14(16)18-15(11)12/h4,11-13,15H,5-9H2,1-3H3. The molecule has 1 saturated heterocycles. The molecule has 3 heteroatoms. The molecule has 0 aromatic carbocycles. The Morgan fingerprint density at radius 3 is 2.83 bits per heavy atom. The smallest absolute Gasteiger partial charge is 0.306 e. The lowest BCUT2D eigenvalue weighted by Crippen LogP contribution is -2.47. The molecule has 2 fully saturated rings. The van der Waals surface area contributed by atoms with E-state index in [0.717, 1.165) is 25.7 Å². The summed E-state index contributed by atoms with van der Waals surface area (Å²) in [4.78, 5) is 11.5. The fourth-order valence-corrected chi connectivity index (χ4v) is 3.27. The SMILES string of the molecule is COC1CCC2CCC(=O)OC2C1CC=C(C)C. The van der Waals surface area contributed by atoms with E-state index >= 15 is 0 Å². The number of allylic oxidation sites excluding steroid dienone is 2. The predicted molar refractivity (Wildman–Crippen MR) is 70.2 cm³/mol. The second kappa shape index (κ2) is 5.87. The number of carbonyl (C=O) groups is 1. The summed E-state index contributed by atoms with van der Waals surface area (Å²) in [5, 5.41) is 0. The number of hydrogen-bond donors (Lipinski definition) is 0. The fourth-order valence-electron chi connectivity index (χ4n) is 3.27. The Balaban J connectivity index is 2.11. The minimum Gasteiger partial charge on any atom is -0.462 e. The first kappa shape index (κ1) is 13.6. The monoisotopic (exact) mass is 252 g/mol. The molecular weight excluding hydrogens is 228 g/mol. The highest BCUT2D eigenvalue weighted by Crippen LogP contribution is 2.40. The lowest BCUT2D eigenvalue weighted by molar-refractivity contribution is -0.174.